The lowest BCUT2D eigenvalue weighted by atomic mass is 10.2. The molecule has 0 saturated heterocycles. The van der Waals surface area contributed by atoms with E-state index in [9.17, 15) is 9.59 Å². The van der Waals surface area contributed by atoms with Crippen LogP contribution in [0.25, 0.3) is 0 Å². The third-order valence-corrected chi connectivity index (χ3v) is 5.15. The lowest BCUT2D eigenvalue weighted by Crippen LogP contribution is -2.35. The van der Waals surface area contributed by atoms with Crippen molar-refractivity contribution in [3.63, 3.8) is 0 Å². The first-order valence-electron chi connectivity index (χ1n) is 8.03. The molecular formula is C18H20N2O3S. The molecule has 2 aromatic rings. The number of furan rings is 1. The van der Waals surface area contributed by atoms with E-state index in [0.29, 0.717) is 18.3 Å². The van der Waals surface area contributed by atoms with Crippen LogP contribution < -0.4 is 10.2 Å². The molecule has 1 aromatic heterocycles. The summed E-state index contributed by atoms with van der Waals surface area (Å²) < 4.78 is 5.03. The van der Waals surface area contributed by atoms with Gasteiger partial charge in [0.2, 0.25) is 5.91 Å². The van der Waals surface area contributed by atoms with Gasteiger partial charge in [0.15, 0.2) is 5.76 Å². The highest BCUT2D eigenvalue weighted by molar-refractivity contribution is 8.00. The molecule has 2 heterocycles. The molecule has 6 heteroatoms. The molecule has 2 amide bonds. The fraction of sp³-hybridized carbons (Fsp3) is 0.333. The lowest BCUT2D eigenvalue weighted by Gasteiger charge is -2.22. The van der Waals surface area contributed by atoms with Crippen LogP contribution in [0.15, 0.2) is 52.0 Å². The highest BCUT2D eigenvalue weighted by Gasteiger charge is 2.23. The van der Waals surface area contributed by atoms with Gasteiger partial charge in [0, 0.05) is 29.7 Å². The molecule has 1 aliphatic heterocycles. The topological polar surface area (TPSA) is 62.6 Å². The van der Waals surface area contributed by atoms with E-state index in [1.807, 2.05) is 23.1 Å². The quantitative estimate of drug-likeness (QED) is 0.924. The van der Waals surface area contributed by atoms with Gasteiger partial charge in [-0.05, 0) is 30.7 Å². The average Bonchev–Trinajstić information content (AvgIpc) is 3.05. The van der Waals surface area contributed by atoms with E-state index < -0.39 is 0 Å². The molecule has 0 bridgehead atoms. The Kier molecular flexibility index (Phi) is 5.25. The van der Waals surface area contributed by atoms with Crippen LogP contribution >= 0.6 is 11.8 Å². The molecule has 0 unspecified atom stereocenters. The maximum Gasteiger partial charge on any atom is 0.286 e. The summed E-state index contributed by atoms with van der Waals surface area (Å²) in [5, 5.41) is 3.19. The summed E-state index contributed by atoms with van der Waals surface area (Å²) in [6.45, 7) is 3.18. The summed E-state index contributed by atoms with van der Waals surface area (Å²) in [5.74, 6) is -0.0158. The van der Waals surface area contributed by atoms with Crippen LogP contribution in [0.1, 0.15) is 30.3 Å². The Bertz CT molecular complexity index is 715. The second-order valence-electron chi connectivity index (χ2n) is 5.71. The highest BCUT2D eigenvalue weighted by atomic mass is 32.2. The Morgan fingerprint density at radius 3 is 2.92 bits per heavy atom. The predicted molar refractivity (Wildman–Crippen MR) is 94.4 cm³/mol. The van der Waals surface area contributed by atoms with Gasteiger partial charge in [-0.1, -0.05) is 19.1 Å². The number of carbonyl (C=O) groups excluding carboxylic acids is 2. The number of hydrogen-bond donors (Lipinski definition) is 1. The minimum absolute atomic E-state index is 0.0249. The smallest absolute Gasteiger partial charge is 0.286 e. The normalized spacial score (nSPS) is 17.0. The summed E-state index contributed by atoms with van der Waals surface area (Å²) in [4.78, 5) is 27.4. The number of fused-ring (bicyclic) bond motifs is 1. The Balaban J connectivity index is 1.61. The molecule has 3 rings (SSSR count). The molecule has 0 aliphatic carbocycles. The van der Waals surface area contributed by atoms with E-state index in [1.54, 1.807) is 23.9 Å². The minimum Gasteiger partial charge on any atom is -0.459 e. The fourth-order valence-electron chi connectivity index (χ4n) is 2.66. The molecule has 0 spiro atoms. The zero-order valence-corrected chi connectivity index (χ0v) is 14.3. The number of thioether (sulfide) groups is 1. The largest absolute Gasteiger partial charge is 0.459 e. The number of rotatable bonds is 4. The molecule has 5 nitrogen and oxygen atoms in total. The van der Waals surface area contributed by atoms with Gasteiger partial charge in [-0.25, -0.2) is 0 Å². The van der Waals surface area contributed by atoms with Crippen LogP contribution in [0, 0.1) is 0 Å². The van der Waals surface area contributed by atoms with Gasteiger partial charge in [0.1, 0.15) is 0 Å². The molecule has 0 saturated carbocycles. The van der Waals surface area contributed by atoms with Crippen molar-refractivity contribution in [1.82, 2.24) is 5.32 Å². The van der Waals surface area contributed by atoms with E-state index in [4.69, 9.17) is 4.42 Å². The summed E-state index contributed by atoms with van der Waals surface area (Å²) in [5.41, 5.74) is 0.967. The van der Waals surface area contributed by atoms with Crippen molar-refractivity contribution in [3.05, 3.63) is 48.4 Å². The molecular weight excluding hydrogens is 324 g/mol. The van der Waals surface area contributed by atoms with Gasteiger partial charge in [0.05, 0.1) is 12.0 Å². The van der Waals surface area contributed by atoms with Crippen molar-refractivity contribution >= 4 is 29.3 Å². The molecule has 1 aliphatic rings. The maximum absolute atomic E-state index is 12.6. The van der Waals surface area contributed by atoms with Crippen molar-refractivity contribution in [3.8, 4) is 0 Å². The van der Waals surface area contributed by atoms with Gasteiger partial charge in [-0.15, -0.1) is 11.8 Å². The van der Waals surface area contributed by atoms with Gasteiger partial charge < -0.3 is 14.6 Å². The van der Waals surface area contributed by atoms with E-state index in [2.05, 4.69) is 18.3 Å². The second kappa shape index (κ2) is 7.57. The van der Waals surface area contributed by atoms with Crippen LogP contribution in [-0.2, 0) is 4.79 Å². The molecule has 1 N–H and O–H groups in total. The molecule has 1 atom stereocenters. The maximum atomic E-state index is 12.6. The number of amides is 2. The molecule has 126 valence electrons. The third-order valence-electron chi connectivity index (χ3n) is 3.91. The predicted octanol–water partition coefficient (Wildman–Crippen LogP) is 3.32. The highest BCUT2D eigenvalue weighted by Crippen LogP contribution is 2.37. The van der Waals surface area contributed by atoms with Gasteiger partial charge >= 0.3 is 0 Å². The fourth-order valence-corrected chi connectivity index (χ4v) is 3.77. The van der Waals surface area contributed by atoms with Crippen LogP contribution in [0.4, 0.5) is 5.69 Å². The molecule has 24 heavy (non-hydrogen) atoms. The zero-order valence-electron chi connectivity index (χ0n) is 13.5. The Morgan fingerprint density at radius 1 is 1.29 bits per heavy atom. The standard InChI is InChI=1S/C18H20N2O3S/c1-13-9-11-20(14-5-2-3-7-16(14)24-13)17(21)8-10-19-18(22)15-6-4-12-23-15/h2-7,12-13H,8-11H2,1H3,(H,19,22)/t13-/m0/s1. The Labute approximate surface area is 145 Å². The zero-order chi connectivity index (χ0) is 16.9. The van der Waals surface area contributed by atoms with Crippen LogP contribution in [0.5, 0.6) is 0 Å². The number of anilines is 1. The number of nitrogens with one attached hydrogen (secondary N) is 1. The minimum atomic E-state index is -0.298. The monoisotopic (exact) mass is 344 g/mol. The summed E-state index contributed by atoms with van der Waals surface area (Å²) in [7, 11) is 0. The Hall–Kier alpha value is -2.21. The third kappa shape index (κ3) is 3.82. The van der Waals surface area contributed by atoms with Gasteiger partial charge in [-0.3, -0.25) is 9.59 Å². The van der Waals surface area contributed by atoms with E-state index in [-0.39, 0.29) is 24.0 Å². The van der Waals surface area contributed by atoms with Crippen molar-refractivity contribution < 1.29 is 14.0 Å². The SMILES string of the molecule is C[C@H]1CCN(C(=O)CCNC(=O)c2ccco2)c2ccccc2S1. The van der Waals surface area contributed by atoms with E-state index >= 15 is 0 Å². The number of carbonyl (C=O) groups is 2. The second-order valence-corrected chi connectivity index (χ2v) is 7.19. The molecule has 0 radical (unpaired) electrons. The molecule has 1 aromatic carbocycles. The Morgan fingerprint density at radius 2 is 2.12 bits per heavy atom. The number of hydrogen-bond acceptors (Lipinski definition) is 4. The van der Waals surface area contributed by atoms with E-state index in [0.717, 1.165) is 17.0 Å². The van der Waals surface area contributed by atoms with Crippen molar-refractivity contribution in [1.29, 1.82) is 0 Å². The first-order valence-corrected chi connectivity index (χ1v) is 8.91. The van der Waals surface area contributed by atoms with Crippen molar-refractivity contribution in [2.75, 3.05) is 18.0 Å². The van der Waals surface area contributed by atoms with Gasteiger partial charge in [-0.2, -0.15) is 0 Å². The van der Waals surface area contributed by atoms with E-state index in [1.165, 1.54) is 6.26 Å². The summed E-state index contributed by atoms with van der Waals surface area (Å²) >= 11 is 1.80. The van der Waals surface area contributed by atoms with Gasteiger partial charge in [0.25, 0.3) is 5.91 Å². The lowest BCUT2D eigenvalue weighted by molar-refractivity contribution is -0.118. The average molecular weight is 344 g/mol. The first kappa shape index (κ1) is 16.6. The van der Waals surface area contributed by atoms with Crippen LogP contribution in [-0.4, -0.2) is 30.2 Å². The van der Waals surface area contributed by atoms with Crippen molar-refractivity contribution in [2.45, 2.75) is 29.9 Å². The summed E-state index contributed by atoms with van der Waals surface area (Å²) in [6, 6.07) is 11.2. The summed E-state index contributed by atoms with van der Waals surface area (Å²) in [6.07, 6.45) is 2.66. The van der Waals surface area contributed by atoms with Crippen LogP contribution in [0.3, 0.4) is 0 Å². The number of nitrogens with zero attached hydrogens (tertiary/aromatic N) is 1. The number of para-hydroxylation sites is 1. The number of benzene rings is 1. The van der Waals surface area contributed by atoms with Crippen LogP contribution in [0.2, 0.25) is 0 Å². The van der Waals surface area contributed by atoms with Crippen molar-refractivity contribution in [2.24, 2.45) is 0 Å². The first-order chi connectivity index (χ1) is 11.6. The molecule has 0 fully saturated rings.